The largest absolute Gasteiger partial charge is 0.495 e. The number of nitrogens with one attached hydrogen (secondary N) is 1. The van der Waals surface area contributed by atoms with Crippen molar-refractivity contribution < 1.29 is 13.9 Å². The van der Waals surface area contributed by atoms with E-state index in [0.29, 0.717) is 34.3 Å². The molecule has 8 heteroatoms. The average molecular weight is 421 g/mol. The van der Waals surface area contributed by atoms with E-state index in [0.717, 1.165) is 11.0 Å². The average Bonchev–Trinajstić information content (AvgIpc) is 3.17. The third kappa shape index (κ3) is 3.72. The quantitative estimate of drug-likeness (QED) is 0.494. The molecular formula is C23H23N3O5. The predicted octanol–water partition coefficient (Wildman–Crippen LogP) is 3.36. The highest BCUT2D eigenvalue weighted by atomic mass is 16.5. The number of furan rings is 1. The van der Waals surface area contributed by atoms with Crippen LogP contribution in [0, 0.1) is 0 Å². The van der Waals surface area contributed by atoms with E-state index in [9.17, 15) is 14.4 Å². The van der Waals surface area contributed by atoms with Crippen molar-refractivity contribution in [1.82, 2.24) is 9.13 Å². The molecule has 0 radical (unpaired) electrons. The smallest absolute Gasteiger partial charge is 0.332 e. The van der Waals surface area contributed by atoms with Crippen LogP contribution in [0.25, 0.3) is 22.1 Å². The van der Waals surface area contributed by atoms with Crippen molar-refractivity contribution in [2.24, 2.45) is 0 Å². The molecule has 0 bridgehead atoms. The minimum absolute atomic E-state index is 0.0713. The molecule has 4 rings (SSSR count). The van der Waals surface area contributed by atoms with Crippen molar-refractivity contribution in [2.45, 2.75) is 32.9 Å². The van der Waals surface area contributed by atoms with Gasteiger partial charge >= 0.3 is 5.69 Å². The second-order valence-corrected chi connectivity index (χ2v) is 7.20. The molecule has 8 nitrogen and oxygen atoms in total. The topological polar surface area (TPSA) is 95.5 Å². The summed E-state index contributed by atoms with van der Waals surface area (Å²) in [5.74, 6) is 0.0916. The van der Waals surface area contributed by atoms with Crippen LogP contribution in [0.3, 0.4) is 0 Å². The van der Waals surface area contributed by atoms with Crippen LogP contribution in [0.5, 0.6) is 5.75 Å². The van der Waals surface area contributed by atoms with Crippen LogP contribution in [0.15, 0.2) is 62.5 Å². The lowest BCUT2D eigenvalue weighted by Gasteiger charge is -2.13. The summed E-state index contributed by atoms with van der Waals surface area (Å²) in [6.45, 7) is 1.96. The fourth-order valence-corrected chi connectivity index (χ4v) is 3.64. The number of hydrogen-bond donors (Lipinski definition) is 1. The highest BCUT2D eigenvalue weighted by molar-refractivity contribution is 6.03. The summed E-state index contributed by atoms with van der Waals surface area (Å²) in [5, 5.41) is 3.39. The van der Waals surface area contributed by atoms with Gasteiger partial charge in [-0.25, -0.2) is 4.79 Å². The van der Waals surface area contributed by atoms with Gasteiger partial charge in [-0.05, 0) is 30.7 Å². The third-order valence-electron chi connectivity index (χ3n) is 5.16. The first-order chi connectivity index (χ1) is 15.0. The summed E-state index contributed by atoms with van der Waals surface area (Å²) in [6.07, 6.45) is 1.48. The minimum Gasteiger partial charge on any atom is -0.495 e. The first kappa shape index (κ1) is 20.5. The standard InChI is InChI=1S/C23H23N3O5/c1-3-4-13-25-22(28)21-20(15-9-5-7-11-17(15)31-21)26(23(25)29)14-19(27)24-16-10-6-8-12-18(16)30-2/h5-12H,3-4,13-14H2,1-2H3,(H,24,27). The van der Waals surface area contributed by atoms with Gasteiger partial charge in [-0.1, -0.05) is 37.6 Å². The Morgan fingerprint density at radius 2 is 1.81 bits per heavy atom. The van der Waals surface area contributed by atoms with Crippen molar-refractivity contribution in [3.63, 3.8) is 0 Å². The van der Waals surface area contributed by atoms with Gasteiger partial charge in [0.1, 0.15) is 23.4 Å². The number of para-hydroxylation sites is 3. The van der Waals surface area contributed by atoms with Crippen molar-refractivity contribution in [1.29, 1.82) is 0 Å². The number of nitrogens with zero attached hydrogens (tertiary/aromatic N) is 2. The Hall–Kier alpha value is -3.81. The summed E-state index contributed by atoms with van der Waals surface area (Å²) in [5.41, 5.74) is 0.367. The maximum Gasteiger partial charge on any atom is 0.332 e. The van der Waals surface area contributed by atoms with E-state index in [1.165, 1.54) is 11.7 Å². The molecule has 31 heavy (non-hydrogen) atoms. The SMILES string of the molecule is CCCCn1c(=O)c2oc3ccccc3c2n(CC(=O)Nc2ccccc2OC)c1=O. The maximum atomic E-state index is 13.2. The number of aromatic nitrogens is 2. The van der Waals surface area contributed by atoms with E-state index in [1.807, 2.05) is 6.92 Å². The molecule has 0 aliphatic heterocycles. The fourth-order valence-electron chi connectivity index (χ4n) is 3.64. The zero-order chi connectivity index (χ0) is 22.0. The van der Waals surface area contributed by atoms with Crippen molar-refractivity contribution in [3.05, 3.63) is 69.4 Å². The number of ether oxygens (including phenoxy) is 1. The molecule has 1 N–H and O–H groups in total. The number of fused-ring (bicyclic) bond motifs is 3. The lowest BCUT2D eigenvalue weighted by Crippen LogP contribution is -2.41. The van der Waals surface area contributed by atoms with Gasteiger partial charge in [0.2, 0.25) is 11.5 Å². The van der Waals surface area contributed by atoms with E-state index in [4.69, 9.17) is 9.15 Å². The Bertz CT molecular complexity index is 1380. The van der Waals surface area contributed by atoms with Crippen LogP contribution >= 0.6 is 0 Å². The van der Waals surface area contributed by atoms with Gasteiger partial charge in [-0.15, -0.1) is 0 Å². The molecule has 1 amide bonds. The van der Waals surface area contributed by atoms with E-state index in [1.54, 1.807) is 48.5 Å². The van der Waals surface area contributed by atoms with Gasteiger partial charge in [-0.2, -0.15) is 0 Å². The highest BCUT2D eigenvalue weighted by Gasteiger charge is 2.21. The van der Waals surface area contributed by atoms with E-state index >= 15 is 0 Å². The van der Waals surface area contributed by atoms with Crippen molar-refractivity contribution in [2.75, 3.05) is 12.4 Å². The normalized spacial score (nSPS) is 11.2. The summed E-state index contributed by atoms with van der Waals surface area (Å²) in [6, 6.07) is 14.1. The zero-order valence-corrected chi connectivity index (χ0v) is 17.4. The Balaban J connectivity index is 1.84. The fraction of sp³-hybridized carbons (Fsp3) is 0.261. The molecule has 0 unspecified atom stereocenters. The first-order valence-corrected chi connectivity index (χ1v) is 10.1. The number of unbranched alkanes of at least 4 members (excludes halogenated alkanes) is 1. The molecule has 0 saturated heterocycles. The molecule has 2 aromatic heterocycles. The molecule has 0 saturated carbocycles. The van der Waals surface area contributed by atoms with Gasteiger partial charge in [0.25, 0.3) is 5.56 Å². The zero-order valence-electron chi connectivity index (χ0n) is 17.4. The van der Waals surface area contributed by atoms with Crippen LogP contribution < -0.4 is 21.3 Å². The number of anilines is 1. The van der Waals surface area contributed by atoms with Gasteiger partial charge in [-0.3, -0.25) is 18.7 Å². The van der Waals surface area contributed by atoms with Gasteiger partial charge < -0.3 is 14.5 Å². The van der Waals surface area contributed by atoms with Crippen molar-refractivity contribution in [3.8, 4) is 5.75 Å². The maximum absolute atomic E-state index is 13.2. The number of methoxy groups -OCH3 is 1. The molecule has 4 aromatic rings. The molecule has 0 aliphatic rings. The number of carbonyl (C=O) groups excluding carboxylic acids is 1. The number of rotatable bonds is 7. The van der Waals surface area contributed by atoms with Gasteiger partial charge in [0.15, 0.2) is 0 Å². The summed E-state index contributed by atoms with van der Waals surface area (Å²) in [4.78, 5) is 39.1. The third-order valence-corrected chi connectivity index (χ3v) is 5.16. The molecule has 0 fully saturated rings. The highest BCUT2D eigenvalue weighted by Crippen LogP contribution is 2.26. The number of hydrogen-bond acceptors (Lipinski definition) is 5. The van der Waals surface area contributed by atoms with Crippen LogP contribution in [-0.2, 0) is 17.9 Å². The number of amides is 1. The Morgan fingerprint density at radius 3 is 2.58 bits per heavy atom. The van der Waals surface area contributed by atoms with Crippen LogP contribution in [0.1, 0.15) is 19.8 Å². The molecule has 0 atom stereocenters. The number of benzene rings is 2. The van der Waals surface area contributed by atoms with Crippen LogP contribution in [-0.4, -0.2) is 22.2 Å². The summed E-state index contributed by atoms with van der Waals surface area (Å²) >= 11 is 0. The van der Waals surface area contributed by atoms with Crippen LogP contribution in [0.2, 0.25) is 0 Å². The molecule has 2 aromatic carbocycles. The molecular weight excluding hydrogens is 398 g/mol. The molecule has 2 heterocycles. The first-order valence-electron chi connectivity index (χ1n) is 10.1. The van der Waals surface area contributed by atoms with Gasteiger partial charge in [0, 0.05) is 11.9 Å². The molecule has 0 aliphatic carbocycles. The predicted molar refractivity (Wildman–Crippen MR) is 119 cm³/mol. The second kappa shape index (κ2) is 8.51. The second-order valence-electron chi connectivity index (χ2n) is 7.20. The van der Waals surface area contributed by atoms with E-state index < -0.39 is 17.2 Å². The molecule has 0 spiro atoms. The Morgan fingerprint density at radius 1 is 1.06 bits per heavy atom. The summed E-state index contributed by atoms with van der Waals surface area (Å²) < 4.78 is 13.5. The van der Waals surface area contributed by atoms with E-state index in [2.05, 4.69) is 5.32 Å². The minimum atomic E-state index is -0.535. The lowest BCUT2D eigenvalue weighted by atomic mass is 10.2. The van der Waals surface area contributed by atoms with Crippen LogP contribution in [0.4, 0.5) is 5.69 Å². The summed E-state index contributed by atoms with van der Waals surface area (Å²) in [7, 11) is 1.51. The Labute approximate surface area is 177 Å². The van der Waals surface area contributed by atoms with Gasteiger partial charge in [0.05, 0.1) is 12.8 Å². The number of carbonyl (C=O) groups is 1. The lowest BCUT2D eigenvalue weighted by molar-refractivity contribution is -0.116. The monoisotopic (exact) mass is 421 g/mol. The molecule has 160 valence electrons. The van der Waals surface area contributed by atoms with E-state index in [-0.39, 0.29) is 18.7 Å². The Kier molecular flexibility index (Phi) is 5.62. The van der Waals surface area contributed by atoms with Crippen molar-refractivity contribution >= 4 is 33.7 Å².